The number of nitrogens with one attached hydrogen (secondary N) is 1. The van der Waals surface area contributed by atoms with E-state index in [-0.39, 0.29) is 0 Å². The molecular formula is C8H16N4O. The van der Waals surface area contributed by atoms with Crippen molar-refractivity contribution in [2.45, 2.75) is 20.0 Å². The number of hydrogen-bond acceptors (Lipinski definition) is 4. The Morgan fingerprint density at radius 1 is 1.62 bits per heavy atom. The van der Waals surface area contributed by atoms with Crippen molar-refractivity contribution in [3.63, 3.8) is 0 Å². The maximum Gasteiger partial charge on any atom is 0.146 e. The van der Waals surface area contributed by atoms with Gasteiger partial charge in [-0.15, -0.1) is 10.2 Å². The van der Waals surface area contributed by atoms with Crippen molar-refractivity contribution < 1.29 is 4.74 Å². The molecule has 5 heteroatoms. The van der Waals surface area contributed by atoms with Crippen LogP contribution in [-0.4, -0.2) is 35.0 Å². The monoisotopic (exact) mass is 184 g/mol. The molecule has 0 bridgehead atoms. The van der Waals surface area contributed by atoms with Crippen LogP contribution in [0.1, 0.15) is 12.7 Å². The zero-order valence-corrected chi connectivity index (χ0v) is 8.16. The van der Waals surface area contributed by atoms with E-state index in [1.54, 1.807) is 13.4 Å². The van der Waals surface area contributed by atoms with Crippen LogP contribution in [0.5, 0.6) is 0 Å². The van der Waals surface area contributed by atoms with Crippen LogP contribution in [0.3, 0.4) is 0 Å². The molecule has 74 valence electrons. The standard InChI is InChI=1S/C8H16N4O/c1-3-9-6-8-11-10-7-12(8)4-5-13-2/h7,9H,3-6H2,1-2H3. The van der Waals surface area contributed by atoms with E-state index in [0.29, 0.717) is 6.61 Å². The first kappa shape index (κ1) is 10.1. The first-order valence-electron chi connectivity index (χ1n) is 4.44. The SMILES string of the molecule is CCNCc1nncn1CCOC. The third-order valence-corrected chi connectivity index (χ3v) is 1.77. The van der Waals surface area contributed by atoms with Crippen LogP contribution in [0.4, 0.5) is 0 Å². The van der Waals surface area contributed by atoms with Gasteiger partial charge in [-0.2, -0.15) is 0 Å². The minimum atomic E-state index is 0.692. The molecule has 0 radical (unpaired) electrons. The van der Waals surface area contributed by atoms with E-state index in [1.165, 1.54) is 0 Å². The van der Waals surface area contributed by atoms with Gasteiger partial charge in [0, 0.05) is 13.7 Å². The van der Waals surface area contributed by atoms with Gasteiger partial charge in [0.2, 0.25) is 0 Å². The van der Waals surface area contributed by atoms with Crippen LogP contribution in [0.25, 0.3) is 0 Å². The second-order valence-corrected chi connectivity index (χ2v) is 2.71. The van der Waals surface area contributed by atoms with Crippen LogP contribution in [0, 0.1) is 0 Å². The molecule has 5 nitrogen and oxygen atoms in total. The molecule has 0 aromatic carbocycles. The fraction of sp³-hybridized carbons (Fsp3) is 0.750. The maximum atomic E-state index is 4.98. The van der Waals surface area contributed by atoms with E-state index < -0.39 is 0 Å². The highest BCUT2D eigenvalue weighted by molar-refractivity contribution is 4.84. The molecule has 0 saturated carbocycles. The van der Waals surface area contributed by atoms with Gasteiger partial charge in [0.1, 0.15) is 12.2 Å². The highest BCUT2D eigenvalue weighted by Crippen LogP contribution is 1.94. The average molecular weight is 184 g/mol. The molecule has 0 aliphatic carbocycles. The maximum absolute atomic E-state index is 4.98. The van der Waals surface area contributed by atoms with Crippen LogP contribution < -0.4 is 5.32 Å². The van der Waals surface area contributed by atoms with Crippen LogP contribution in [0.15, 0.2) is 6.33 Å². The molecule has 1 aromatic heterocycles. The molecule has 0 atom stereocenters. The van der Waals surface area contributed by atoms with E-state index in [0.717, 1.165) is 25.5 Å². The van der Waals surface area contributed by atoms with Crippen molar-refractivity contribution in [3.8, 4) is 0 Å². The Morgan fingerprint density at radius 2 is 2.46 bits per heavy atom. The lowest BCUT2D eigenvalue weighted by Crippen LogP contribution is -2.17. The third kappa shape index (κ3) is 3.12. The Morgan fingerprint density at radius 3 is 3.15 bits per heavy atom. The van der Waals surface area contributed by atoms with Crippen molar-refractivity contribution in [2.24, 2.45) is 0 Å². The smallest absolute Gasteiger partial charge is 0.146 e. The van der Waals surface area contributed by atoms with E-state index in [1.807, 2.05) is 4.57 Å². The third-order valence-electron chi connectivity index (χ3n) is 1.77. The fourth-order valence-corrected chi connectivity index (χ4v) is 1.03. The summed E-state index contributed by atoms with van der Waals surface area (Å²) in [6, 6.07) is 0. The molecule has 1 heterocycles. The van der Waals surface area contributed by atoms with Gasteiger partial charge in [0.15, 0.2) is 0 Å². The minimum absolute atomic E-state index is 0.692. The van der Waals surface area contributed by atoms with E-state index in [9.17, 15) is 0 Å². The summed E-state index contributed by atoms with van der Waals surface area (Å²) in [5, 5.41) is 11.1. The molecule has 0 aliphatic heterocycles. The summed E-state index contributed by atoms with van der Waals surface area (Å²) >= 11 is 0. The Labute approximate surface area is 78.1 Å². The average Bonchev–Trinajstić information content (AvgIpc) is 2.59. The first-order valence-corrected chi connectivity index (χ1v) is 4.44. The topological polar surface area (TPSA) is 52.0 Å². The van der Waals surface area contributed by atoms with E-state index in [4.69, 9.17) is 4.74 Å². The molecule has 0 spiro atoms. The van der Waals surface area contributed by atoms with Crippen LogP contribution in [-0.2, 0) is 17.8 Å². The summed E-state index contributed by atoms with van der Waals surface area (Å²) in [4.78, 5) is 0. The van der Waals surface area contributed by atoms with Crippen molar-refractivity contribution in [2.75, 3.05) is 20.3 Å². The van der Waals surface area contributed by atoms with Gasteiger partial charge in [-0.25, -0.2) is 0 Å². The Balaban J connectivity index is 2.45. The predicted octanol–water partition coefficient (Wildman–Crippen LogP) is 0.0340. The van der Waals surface area contributed by atoms with Gasteiger partial charge in [0.25, 0.3) is 0 Å². The molecule has 13 heavy (non-hydrogen) atoms. The molecule has 0 aliphatic rings. The quantitative estimate of drug-likeness (QED) is 0.678. The highest BCUT2D eigenvalue weighted by Gasteiger charge is 2.01. The number of rotatable bonds is 6. The second-order valence-electron chi connectivity index (χ2n) is 2.71. The van der Waals surface area contributed by atoms with Gasteiger partial charge in [-0.1, -0.05) is 6.92 Å². The van der Waals surface area contributed by atoms with Gasteiger partial charge < -0.3 is 14.6 Å². The number of ether oxygens (including phenoxy) is 1. The van der Waals surface area contributed by atoms with Crippen molar-refractivity contribution in [1.82, 2.24) is 20.1 Å². The zero-order chi connectivity index (χ0) is 9.52. The fourth-order valence-electron chi connectivity index (χ4n) is 1.03. The lowest BCUT2D eigenvalue weighted by atomic mass is 10.5. The summed E-state index contributed by atoms with van der Waals surface area (Å²) in [5.41, 5.74) is 0. The van der Waals surface area contributed by atoms with Crippen molar-refractivity contribution in [3.05, 3.63) is 12.2 Å². The number of methoxy groups -OCH3 is 1. The van der Waals surface area contributed by atoms with Crippen molar-refractivity contribution in [1.29, 1.82) is 0 Å². The van der Waals surface area contributed by atoms with Crippen LogP contribution in [0.2, 0.25) is 0 Å². The zero-order valence-electron chi connectivity index (χ0n) is 8.16. The van der Waals surface area contributed by atoms with Gasteiger partial charge in [0.05, 0.1) is 13.2 Å². The summed E-state index contributed by atoms with van der Waals surface area (Å²) < 4.78 is 6.97. The normalized spacial score (nSPS) is 10.6. The lowest BCUT2D eigenvalue weighted by molar-refractivity contribution is 0.186. The molecule has 1 rings (SSSR count). The molecule has 0 fully saturated rings. The lowest BCUT2D eigenvalue weighted by Gasteiger charge is -2.05. The summed E-state index contributed by atoms with van der Waals surface area (Å²) in [6.45, 7) is 5.27. The number of nitrogens with zero attached hydrogens (tertiary/aromatic N) is 3. The molecule has 0 amide bonds. The molecular weight excluding hydrogens is 168 g/mol. The first-order chi connectivity index (χ1) is 6.38. The largest absolute Gasteiger partial charge is 0.383 e. The van der Waals surface area contributed by atoms with Gasteiger partial charge in [-0.3, -0.25) is 0 Å². The summed E-state index contributed by atoms with van der Waals surface area (Å²) in [5.74, 6) is 0.957. The Hall–Kier alpha value is -0.940. The number of hydrogen-bond donors (Lipinski definition) is 1. The Bertz CT molecular complexity index is 213. The van der Waals surface area contributed by atoms with E-state index >= 15 is 0 Å². The second kappa shape index (κ2) is 5.66. The van der Waals surface area contributed by atoms with E-state index in [2.05, 4.69) is 22.4 Å². The summed E-state index contributed by atoms with van der Waals surface area (Å²) in [6.07, 6.45) is 1.73. The van der Waals surface area contributed by atoms with Gasteiger partial charge >= 0.3 is 0 Å². The minimum Gasteiger partial charge on any atom is -0.383 e. The Kier molecular flexibility index (Phi) is 4.42. The molecule has 0 unspecified atom stereocenters. The molecule has 1 aromatic rings. The predicted molar refractivity (Wildman–Crippen MR) is 49.3 cm³/mol. The number of aromatic nitrogens is 3. The molecule has 0 saturated heterocycles. The summed E-state index contributed by atoms with van der Waals surface area (Å²) in [7, 11) is 1.69. The van der Waals surface area contributed by atoms with Crippen LogP contribution >= 0.6 is 0 Å². The molecule has 1 N–H and O–H groups in total. The van der Waals surface area contributed by atoms with Gasteiger partial charge in [-0.05, 0) is 6.54 Å². The highest BCUT2D eigenvalue weighted by atomic mass is 16.5. The van der Waals surface area contributed by atoms with Crippen molar-refractivity contribution >= 4 is 0 Å².